The molecule has 1 atom stereocenters. The van der Waals surface area contributed by atoms with Crippen LogP contribution in [-0.4, -0.2) is 11.8 Å². The third kappa shape index (κ3) is 3.02. The highest BCUT2D eigenvalue weighted by Crippen LogP contribution is 2.22. The van der Waals surface area contributed by atoms with E-state index >= 15 is 0 Å². The van der Waals surface area contributed by atoms with Gasteiger partial charge < -0.3 is 5.73 Å². The van der Waals surface area contributed by atoms with Crippen LogP contribution in [0.5, 0.6) is 0 Å². The molecule has 0 heterocycles. The summed E-state index contributed by atoms with van der Waals surface area (Å²) in [6.07, 6.45) is 0.403. The molecule has 0 aromatic heterocycles. The number of rotatable bonds is 3. The molecule has 2 N–H and O–H groups in total. The van der Waals surface area contributed by atoms with Crippen molar-refractivity contribution < 1.29 is 4.79 Å². The van der Waals surface area contributed by atoms with E-state index in [0.717, 1.165) is 16.3 Å². The largest absolute Gasteiger partial charge is 0.321 e. The molecule has 0 fully saturated rings. The van der Waals surface area contributed by atoms with Gasteiger partial charge in [0.25, 0.3) is 0 Å². The fourth-order valence-corrected chi connectivity index (χ4v) is 2.23. The van der Waals surface area contributed by atoms with Crippen molar-refractivity contribution in [2.24, 2.45) is 11.1 Å². The molecule has 2 heteroatoms. The number of benzene rings is 2. The highest BCUT2D eigenvalue weighted by atomic mass is 16.1. The Bertz CT molecular complexity index is 590. The van der Waals surface area contributed by atoms with Gasteiger partial charge in [0.05, 0.1) is 6.04 Å². The minimum absolute atomic E-state index is 0.101. The van der Waals surface area contributed by atoms with E-state index in [1.54, 1.807) is 0 Å². The van der Waals surface area contributed by atoms with Crippen LogP contribution < -0.4 is 5.73 Å². The lowest BCUT2D eigenvalue weighted by Crippen LogP contribution is -2.43. The summed E-state index contributed by atoms with van der Waals surface area (Å²) < 4.78 is 0. The molecular formula is C17H21NO. The Morgan fingerprint density at radius 2 is 1.74 bits per heavy atom. The molecule has 0 aliphatic rings. The molecule has 0 aliphatic carbocycles. The van der Waals surface area contributed by atoms with Crippen molar-refractivity contribution in [1.29, 1.82) is 0 Å². The zero-order valence-corrected chi connectivity index (χ0v) is 11.8. The third-order valence-electron chi connectivity index (χ3n) is 3.52. The molecule has 0 spiro atoms. The molecule has 2 rings (SSSR count). The normalized spacial score (nSPS) is 13.5. The zero-order valence-electron chi connectivity index (χ0n) is 11.8. The number of fused-ring (bicyclic) bond motifs is 1. The highest BCUT2D eigenvalue weighted by Gasteiger charge is 2.27. The molecule has 0 saturated carbocycles. The van der Waals surface area contributed by atoms with Crippen LogP contribution in [0.3, 0.4) is 0 Å². The quantitative estimate of drug-likeness (QED) is 0.914. The Morgan fingerprint density at radius 1 is 1.11 bits per heavy atom. The van der Waals surface area contributed by atoms with Gasteiger partial charge in [-0.05, 0) is 21.8 Å². The van der Waals surface area contributed by atoms with E-state index in [1.807, 2.05) is 45.0 Å². The summed E-state index contributed by atoms with van der Waals surface area (Å²) in [7, 11) is 0. The number of ketones is 1. The highest BCUT2D eigenvalue weighted by molar-refractivity contribution is 5.93. The van der Waals surface area contributed by atoms with Gasteiger partial charge in [-0.15, -0.1) is 0 Å². The first kappa shape index (κ1) is 13.8. The van der Waals surface area contributed by atoms with Gasteiger partial charge in [0, 0.05) is 6.42 Å². The maximum Gasteiger partial charge on any atom is 0.154 e. The van der Waals surface area contributed by atoms with E-state index in [1.165, 1.54) is 0 Å². The summed E-state index contributed by atoms with van der Waals surface area (Å²) in [6.45, 7) is 6.00. The number of hydrogen-bond acceptors (Lipinski definition) is 2. The van der Waals surface area contributed by atoms with E-state index in [4.69, 9.17) is 5.73 Å². The van der Waals surface area contributed by atoms with Crippen LogP contribution in [0.15, 0.2) is 42.5 Å². The van der Waals surface area contributed by atoms with Crippen molar-refractivity contribution in [2.75, 3.05) is 0 Å². The summed E-state index contributed by atoms with van der Waals surface area (Å²) in [5.41, 5.74) is 6.90. The van der Waals surface area contributed by atoms with Gasteiger partial charge in [0.2, 0.25) is 0 Å². The lowest BCUT2D eigenvalue weighted by Gasteiger charge is -2.25. The van der Waals surface area contributed by atoms with E-state index < -0.39 is 6.04 Å². The predicted molar refractivity (Wildman–Crippen MR) is 80.1 cm³/mol. The molecule has 0 aliphatic heterocycles. The predicted octanol–water partition coefficient (Wildman–Crippen LogP) is 3.32. The van der Waals surface area contributed by atoms with Gasteiger partial charge in [0.1, 0.15) is 0 Å². The van der Waals surface area contributed by atoms with Gasteiger partial charge in [-0.3, -0.25) is 4.79 Å². The monoisotopic (exact) mass is 255 g/mol. The summed E-state index contributed by atoms with van der Waals surface area (Å²) >= 11 is 0. The first-order chi connectivity index (χ1) is 8.89. The Labute approximate surface area is 114 Å². The van der Waals surface area contributed by atoms with E-state index in [-0.39, 0.29) is 11.2 Å². The molecule has 1 unspecified atom stereocenters. The van der Waals surface area contributed by atoms with Gasteiger partial charge in [-0.25, -0.2) is 0 Å². The number of carbonyl (C=O) groups excluding carboxylic acids is 1. The Balaban J connectivity index is 2.29. The van der Waals surface area contributed by atoms with Crippen molar-refractivity contribution in [3.8, 4) is 0 Å². The van der Waals surface area contributed by atoms with Crippen LogP contribution in [-0.2, 0) is 11.2 Å². The molecule has 2 aromatic carbocycles. The second-order valence-corrected chi connectivity index (χ2v) is 6.13. The van der Waals surface area contributed by atoms with Crippen molar-refractivity contribution in [3.63, 3.8) is 0 Å². The Morgan fingerprint density at radius 3 is 2.42 bits per heavy atom. The molecular weight excluding hydrogens is 234 g/mol. The zero-order chi connectivity index (χ0) is 14.0. The smallest absolute Gasteiger partial charge is 0.154 e. The fraction of sp³-hybridized carbons (Fsp3) is 0.353. The maximum absolute atomic E-state index is 12.3. The topological polar surface area (TPSA) is 43.1 Å². The summed E-state index contributed by atoms with van der Waals surface area (Å²) in [4.78, 5) is 12.3. The van der Waals surface area contributed by atoms with Crippen LogP contribution in [0.4, 0.5) is 0 Å². The van der Waals surface area contributed by atoms with Crippen molar-refractivity contribution >= 4 is 16.6 Å². The second kappa shape index (κ2) is 5.14. The van der Waals surface area contributed by atoms with Crippen molar-refractivity contribution in [1.82, 2.24) is 0 Å². The number of Topliss-reactive ketones (excluding diaryl/α,β-unsaturated/α-hetero) is 1. The van der Waals surface area contributed by atoms with Gasteiger partial charge >= 0.3 is 0 Å². The number of hydrogen-bond donors (Lipinski definition) is 1. The molecule has 2 nitrogen and oxygen atoms in total. The van der Waals surface area contributed by atoms with Crippen LogP contribution in [0.1, 0.15) is 26.3 Å². The molecule has 0 radical (unpaired) electrons. The van der Waals surface area contributed by atoms with Crippen molar-refractivity contribution in [3.05, 3.63) is 48.0 Å². The van der Waals surface area contributed by atoms with E-state index in [9.17, 15) is 4.79 Å². The van der Waals surface area contributed by atoms with E-state index in [2.05, 4.69) is 18.2 Å². The van der Waals surface area contributed by atoms with Crippen molar-refractivity contribution in [2.45, 2.75) is 33.2 Å². The van der Waals surface area contributed by atoms with Crippen LogP contribution in [0.2, 0.25) is 0 Å². The maximum atomic E-state index is 12.3. The Kier molecular flexibility index (Phi) is 3.72. The summed E-state index contributed by atoms with van der Waals surface area (Å²) in [6, 6.07) is 13.8. The minimum atomic E-state index is -0.425. The molecule has 2 aromatic rings. The van der Waals surface area contributed by atoms with Gasteiger partial charge in [-0.1, -0.05) is 63.2 Å². The second-order valence-electron chi connectivity index (χ2n) is 6.13. The SMILES string of the molecule is CC(C)(C)C(N)C(=O)Cc1cccc2ccccc12. The summed E-state index contributed by atoms with van der Waals surface area (Å²) in [5.74, 6) is 0.101. The lowest BCUT2D eigenvalue weighted by atomic mass is 9.83. The minimum Gasteiger partial charge on any atom is -0.321 e. The third-order valence-corrected chi connectivity index (χ3v) is 3.52. The first-order valence-electron chi connectivity index (χ1n) is 6.64. The van der Waals surface area contributed by atoms with Crippen LogP contribution >= 0.6 is 0 Å². The van der Waals surface area contributed by atoms with E-state index in [0.29, 0.717) is 6.42 Å². The molecule has 0 saturated heterocycles. The van der Waals surface area contributed by atoms with Gasteiger partial charge in [0.15, 0.2) is 5.78 Å². The standard InChI is InChI=1S/C17H21NO/c1-17(2,3)16(18)15(19)11-13-9-6-8-12-7-4-5-10-14(12)13/h4-10,16H,11,18H2,1-3H3. The van der Waals surface area contributed by atoms with Crippen LogP contribution in [0.25, 0.3) is 10.8 Å². The first-order valence-corrected chi connectivity index (χ1v) is 6.64. The summed E-state index contributed by atoms with van der Waals surface area (Å²) in [5, 5.41) is 2.30. The average molecular weight is 255 g/mol. The Hall–Kier alpha value is -1.67. The number of carbonyl (C=O) groups is 1. The molecule has 0 bridgehead atoms. The molecule has 19 heavy (non-hydrogen) atoms. The molecule has 100 valence electrons. The average Bonchev–Trinajstić information content (AvgIpc) is 2.37. The fourth-order valence-electron chi connectivity index (χ4n) is 2.23. The van der Waals surface area contributed by atoms with Gasteiger partial charge in [-0.2, -0.15) is 0 Å². The molecule has 0 amide bonds. The van der Waals surface area contributed by atoms with Crippen LogP contribution in [0, 0.1) is 5.41 Å². The lowest BCUT2D eigenvalue weighted by molar-refractivity contribution is -0.121. The number of nitrogens with two attached hydrogens (primary N) is 1.